The van der Waals surface area contributed by atoms with E-state index in [2.05, 4.69) is 18.5 Å². The van der Waals surface area contributed by atoms with Gasteiger partial charge >= 0.3 is 0 Å². The highest BCUT2D eigenvalue weighted by Crippen LogP contribution is 2.23. The van der Waals surface area contributed by atoms with Crippen LogP contribution in [0.25, 0.3) is 0 Å². The average molecular weight is 279 g/mol. The maximum absolute atomic E-state index is 12.3. The van der Waals surface area contributed by atoms with Gasteiger partial charge in [0.15, 0.2) is 0 Å². The summed E-state index contributed by atoms with van der Waals surface area (Å²) in [4.78, 5) is 14.1. The minimum absolute atomic E-state index is 0. The summed E-state index contributed by atoms with van der Waals surface area (Å²) in [6.07, 6.45) is 4.45. The van der Waals surface area contributed by atoms with Crippen molar-refractivity contribution in [2.45, 2.75) is 6.42 Å². The number of anilines is 1. The van der Waals surface area contributed by atoms with Crippen molar-refractivity contribution in [2.24, 2.45) is 0 Å². The smallest absolute Gasteiger partial charge is 0.254 e. The van der Waals surface area contributed by atoms with Crippen molar-refractivity contribution < 1.29 is 4.79 Å². The number of nitrogens with zero attached hydrogens (tertiary/aromatic N) is 1. The van der Waals surface area contributed by atoms with E-state index in [-0.39, 0.29) is 18.3 Å². The molecule has 1 aromatic carbocycles. The molecule has 1 aliphatic heterocycles. The molecule has 0 atom stereocenters. The number of rotatable bonds is 5. The maximum Gasteiger partial charge on any atom is 0.254 e. The molecule has 0 unspecified atom stereocenters. The molecule has 3 nitrogen and oxygen atoms in total. The third kappa shape index (κ3) is 3.38. The lowest BCUT2D eigenvalue weighted by Crippen LogP contribution is -2.31. The Kier molecular flexibility index (Phi) is 5.64. The lowest BCUT2D eigenvalue weighted by Gasteiger charge is -2.19. The molecule has 102 valence electrons. The topological polar surface area (TPSA) is 32.3 Å². The van der Waals surface area contributed by atoms with Crippen LogP contribution < -0.4 is 5.32 Å². The molecule has 1 heterocycles. The highest BCUT2D eigenvalue weighted by atomic mass is 35.5. The Morgan fingerprint density at radius 1 is 1.32 bits per heavy atom. The molecule has 4 heteroatoms. The second-order valence-corrected chi connectivity index (χ2v) is 4.34. The van der Waals surface area contributed by atoms with Crippen LogP contribution in [0.2, 0.25) is 0 Å². The average Bonchev–Trinajstić information content (AvgIpc) is 2.84. The van der Waals surface area contributed by atoms with Crippen LogP contribution in [0.1, 0.15) is 15.9 Å². The molecular weight excluding hydrogens is 260 g/mol. The lowest BCUT2D eigenvalue weighted by atomic mass is 10.1. The first kappa shape index (κ1) is 15.3. The molecule has 0 aliphatic carbocycles. The van der Waals surface area contributed by atoms with E-state index in [1.54, 1.807) is 17.1 Å². The lowest BCUT2D eigenvalue weighted by molar-refractivity contribution is 0.0791. The summed E-state index contributed by atoms with van der Waals surface area (Å²) in [6.45, 7) is 9.39. The first-order valence-corrected chi connectivity index (χ1v) is 6.14. The summed E-state index contributed by atoms with van der Waals surface area (Å²) in [5, 5.41) is 3.29. The molecule has 0 radical (unpaired) electrons. The number of halogens is 1. The largest absolute Gasteiger partial charge is 0.384 e. The molecule has 0 fully saturated rings. The fourth-order valence-electron chi connectivity index (χ4n) is 2.17. The Morgan fingerprint density at radius 3 is 2.63 bits per heavy atom. The van der Waals surface area contributed by atoms with Crippen LogP contribution in [0.5, 0.6) is 0 Å². The van der Waals surface area contributed by atoms with Crippen molar-refractivity contribution in [1.29, 1.82) is 0 Å². The number of amides is 1. The van der Waals surface area contributed by atoms with Crippen molar-refractivity contribution in [2.75, 3.05) is 25.0 Å². The molecule has 0 bridgehead atoms. The first-order chi connectivity index (χ1) is 8.76. The summed E-state index contributed by atoms with van der Waals surface area (Å²) >= 11 is 0. The molecular formula is C15H19ClN2O. The maximum atomic E-state index is 12.3. The van der Waals surface area contributed by atoms with Gasteiger partial charge in [0.05, 0.1) is 0 Å². The van der Waals surface area contributed by atoms with Gasteiger partial charge in [0.2, 0.25) is 0 Å². The van der Waals surface area contributed by atoms with Crippen LogP contribution in [0.4, 0.5) is 5.69 Å². The third-order valence-electron chi connectivity index (χ3n) is 3.05. The van der Waals surface area contributed by atoms with Crippen LogP contribution in [-0.2, 0) is 6.42 Å². The highest BCUT2D eigenvalue weighted by molar-refractivity contribution is 5.95. The van der Waals surface area contributed by atoms with E-state index in [0.717, 1.165) is 24.2 Å². The fourth-order valence-corrected chi connectivity index (χ4v) is 2.17. The molecule has 1 aliphatic rings. The van der Waals surface area contributed by atoms with Gasteiger partial charge in [-0.2, -0.15) is 0 Å². The van der Waals surface area contributed by atoms with Crippen molar-refractivity contribution in [3.63, 3.8) is 0 Å². The van der Waals surface area contributed by atoms with Crippen LogP contribution in [0, 0.1) is 0 Å². The van der Waals surface area contributed by atoms with Gasteiger partial charge in [0, 0.05) is 30.9 Å². The SMILES string of the molecule is C=CCN(CC=C)C(=O)c1ccc2c(c1)CCN2.Cl. The van der Waals surface area contributed by atoms with E-state index >= 15 is 0 Å². The Labute approximate surface area is 120 Å². The molecule has 2 rings (SSSR count). The molecule has 0 saturated carbocycles. The van der Waals surface area contributed by atoms with Gasteiger partial charge < -0.3 is 10.2 Å². The Hall–Kier alpha value is -1.74. The summed E-state index contributed by atoms with van der Waals surface area (Å²) in [5.74, 6) is 0.0319. The fraction of sp³-hybridized carbons (Fsp3) is 0.267. The molecule has 19 heavy (non-hydrogen) atoms. The Bertz CT molecular complexity index is 475. The molecule has 0 spiro atoms. The van der Waals surface area contributed by atoms with Gasteiger partial charge in [0.1, 0.15) is 0 Å². The van der Waals surface area contributed by atoms with Crippen LogP contribution in [0.3, 0.4) is 0 Å². The van der Waals surface area contributed by atoms with E-state index in [0.29, 0.717) is 13.1 Å². The second kappa shape index (κ2) is 7.00. The number of carbonyl (C=O) groups is 1. The number of carbonyl (C=O) groups excluding carboxylic acids is 1. The van der Waals surface area contributed by atoms with Crippen LogP contribution >= 0.6 is 12.4 Å². The number of benzene rings is 1. The van der Waals surface area contributed by atoms with Gasteiger partial charge in [-0.05, 0) is 30.2 Å². The van der Waals surface area contributed by atoms with Crippen molar-refractivity contribution in [3.8, 4) is 0 Å². The van der Waals surface area contributed by atoms with Crippen molar-refractivity contribution >= 4 is 24.0 Å². The first-order valence-electron chi connectivity index (χ1n) is 6.14. The number of hydrogen-bond acceptors (Lipinski definition) is 2. The zero-order valence-corrected chi connectivity index (χ0v) is 11.7. The standard InChI is InChI=1S/C15H18N2O.ClH/c1-3-9-17(10-4-2)15(18)13-5-6-14-12(11-13)7-8-16-14;/h3-6,11,16H,1-2,7-10H2;1H. The minimum atomic E-state index is 0. The molecule has 1 N–H and O–H groups in total. The Balaban J connectivity index is 0.00000180. The number of fused-ring (bicyclic) bond motifs is 1. The van der Waals surface area contributed by atoms with Gasteiger partial charge in [0.25, 0.3) is 5.91 Å². The quantitative estimate of drug-likeness (QED) is 0.840. The van der Waals surface area contributed by atoms with E-state index in [1.807, 2.05) is 18.2 Å². The number of hydrogen-bond donors (Lipinski definition) is 1. The molecule has 1 amide bonds. The zero-order chi connectivity index (χ0) is 13.0. The van der Waals surface area contributed by atoms with Gasteiger partial charge in [-0.1, -0.05) is 12.2 Å². The molecule has 1 aromatic rings. The normalized spacial score (nSPS) is 11.8. The predicted molar refractivity (Wildman–Crippen MR) is 82.2 cm³/mol. The summed E-state index contributed by atoms with van der Waals surface area (Å²) < 4.78 is 0. The Morgan fingerprint density at radius 2 is 2.00 bits per heavy atom. The van der Waals surface area contributed by atoms with Gasteiger partial charge in [-0.15, -0.1) is 25.6 Å². The minimum Gasteiger partial charge on any atom is -0.384 e. The third-order valence-corrected chi connectivity index (χ3v) is 3.05. The van der Waals surface area contributed by atoms with Crippen LogP contribution in [0.15, 0.2) is 43.5 Å². The monoisotopic (exact) mass is 278 g/mol. The number of nitrogens with one attached hydrogen (secondary N) is 1. The summed E-state index contributed by atoms with van der Waals surface area (Å²) in [5.41, 5.74) is 3.10. The van der Waals surface area contributed by atoms with Crippen molar-refractivity contribution in [3.05, 3.63) is 54.6 Å². The summed E-state index contributed by atoms with van der Waals surface area (Å²) in [7, 11) is 0. The zero-order valence-electron chi connectivity index (χ0n) is 10.9. The highest BCUT2D eigenvalue weighted by Gasteiger charge is 2.16. The van der Waals surface area contributed by atoms with Crippen molar-refractivity contribution in [1.82, 2.24) is 4.90 Å². The van der Waals surface area contributed by atoms with Gasteiger partial charge in [-0.3, -0.25) is 4.79 Å². The van der Waals surface area contributed by atoms with E-state index in [4.69, 9.17) is 0 Å². The molecule has 0 aromatic heterocycles. The second-order valence-electron chi connectivity index (χ2n) is 4.34. The molecule has 0 saturated heterocycles. The summed E-state index contributed by atoms with van der Waals surface area (Å²) in [6, 6.07) is 5.84. The van der Waals surface area contributed by atoms with E-state index < -0.39 is 0 Å². The van der Waals surface area contributed by atoms with E-state index in [1.165, 1.54) is 5.56 Å². The van der Waals surface area contributed by atoms with Gasteiger partial charge in [-0.25, -0.2) is 0 Å². The predicted octanol–water partition coefficient (Wildman–Crippen LogP) is 2.89. The van der Waals surface area contributed by atoms with Crippen LogP contribution in [-0.4, -0.2) is 30.4 Å². The van der Waals surface area contributed by atoms with E-state index in [9.17, 15) is 4.79 Å².